The molecule has 0 unspecified atom stereocenters. The third kappa shape index (κ3) is 3.03. The molecule has 3 N–H and O–H groups in total. The van der Waals surface area contributed by atoms with Crippen LogP contribution in [-0.4, -0.2) is 5.91 Å². The molecular weight excluding hydrogens is 247 g/mol. The number of benzene rings is 1. The quantitative estimate of drug-likeness (QED) is 0.759. The number of anilines is 2. The SMILES string of the molecule is CC(C)(C)C(=O)Nc1cc(Cl)c(N)c(Cl)c1. The van der Waals surface area contributed by atoms with Gasteiger partial charge in [-0.25, -0.2) is 0 Å². The van der Waals surface area contributed by atoms with E-state index in [-0.39, 0.29) is 5.91 Å². The zero-order valence-electron chi connectivity index (χ0n) is 9.40. The van der Waals surface area contributed by atoms with Crippen molar-refractivity contribution in [1.82, 2.24) is 0 Å². The number of carbonyl (C=O) groups excluding carboxylic acids is 1. The van der Waals surface area contributed by atoms with Crippen molar-refractivity contribution in [1.29, 1.82) is 0 Å². The van der Waals surface area contributed by atoms with E-state index in [0.29, 0.717) is 21.4 Å². The van der Waals surface area contributed by atoms with E-state index in [2.05, 4.69) is 5.32 Å². The fourth-order valence-corrected chi connectivity index (χ4v) is 1.46. The van der Waals surface area contributed by atoms with Gasteiger partial charge in [0.25, 0.3) is 0 Å². The second-order valence-electron chi connectivity index (χ2n) is 4.56. The summed E-state index contributed by atoms with van der Waals surface area (Å²) in [5.41, 5.74) is 5.98. The summed E-state index contributed by atoms with van der Waals surface area (Å²) in [6.07, 6.45) is 0. The van der Waals surface area contributed by atoms with Gasteiger partial charge in [0.2, 0.25) is 5.91 Å². The van der Waals surface area contributed by atoms with E-state index in [1.807, 2.05) is 20.8 Å². The lowest BCUT2D eigenvalue weighted by Gasteiger charge is -2.18. The summed E-state index contributed by atoms with van der Waals surface area (Å²) in [6, 6.07) is 3.15. The average molecular weight is 261 g/mol. The minimum absolute atomic E-state index is 0.107. The summed E-state index contributed by atoms with van der Waals surface area (Å²) in [7, 11) is 0. The Morgan fingerprint density at radius 3 is 2.06 bits per heavy atom. The number of rotatable bonds is 1. The molecule has 88 valence electrons. The van der Waals surface area contributed by atoms with Crippen LogP contribution in [0, 0.1) is 5.41 Å². The van der Waals surface area contributed by atoms with Crippen LogP contribution in [0.5, 0.6) is 0 Å². The topological polar surface area (TPSA) is 55.1 Å². The van der Waals surface area contributed by atoms with E-state index in [4.69, 9.17) is 28.9 Å². The number of hydrogen-bond donors (Lipinski definition) is 2. The van der Waals surface area contributed by atoms with E-state index in [1.165, 1.54) is 0 Å². The maximum absolute atomic E-state index is 11.7. The third-order valence-corrected chi connectivity index (χ3v) is 2.64. The largest absolute Gasteiger partial charge is 0.396 e. The van der Waals surface area contributed by atoms with Gasteiger partial charge in [0.05, 0.1) is 15.7 Å². The molecule has 0 fully saturated rings. The number of nitrogens with two attached hydrogens (primary N) is 1. The molecule has 1 amide bonds. The maximum Gasteiger partial charge on any atom is 0.229 e. The summed E-state index contributed by atoms with van der Waals surface area (Å²) in [5, 5.41) is 3.39. The summed E-state index contributed by atoms with van der Waals surface area (Å²) < 4.78 is 0. The minimum Gasteiger partial charge on any atom is -0.396 e. The Morgan fingerprint density at radius 1 is 1.25 bits per heavy atom. The van der Waals surface area contributed by atoms with Crippen molar-refractivity contribution >= 4 is 40.5 Å². The molecule has 0 bridgehead atoms. The minimum atomic E-state index is -0.472. The van der Waals surface area contributed by atoms with Gasteiger partial charge in [-0.1, -0.05) is 44.0 Å². The van der Waals surface area contributed by atoms with Gasteiger partial charge in [-0.15, -0.1) is 0 Å². The van der Waals surface area contributed by atoms with Crippen LogP contribution >= 0.6 is 23.2 Å². The monoisotopic (exact) mass is 260 g/mol. The molecule has 5 heteroatoms. The molecule has 3 nitrogen and oxygen atoms in total. The van der Waals surface area contributed by atoms with Crippen LogP contribution in [0.25, 0.3) is 0 Å². The Labute approximate surface area is 105 Å². The zero-order valence-corrected chi connectivity index (χ0v) is 10.9. The Bertz CT molecular complexity index is 401. The van der Waals surface area contributed by atoms with Crippen LogP contribution in [0.1, 0.15) is 20.8 Å². The van der Waals surface area contributed by atoms with Gasteiger partial charge in [-0.05, 0) is 12.1 Å². The highest BCUT2D eigenvalue weighted by molar-refractivity contribution is 6.39. The molecule has 0 saturated heterocycles. The van der Waals surface area contributed by atoms with E-state index >= 15 is 0 Å². The lowest BCUT2D eigenvalue weighted by atomic mass is 9.95. The second-order valence-corrected chi connectivity index (χ2v) is 5.37. The van der Waals surface area contributed by atoms with Gasteiger partial charge >= 0.3 is 0 Å². The molecule has 0 saturated carbocycles. The predicted molar refractivity (Wildman–Crippen MR) is 69.0 cm³/mol. The molecule has 0 aromatic heterocycles. The Kier molecular flexibility index (Phi) is 3.71. The highest BCUT2D eigenvalue weighted by atomic mass is 35.5. The summed E-state index contributed by atoms with van der Waals surface area (Å²) in [6.45, 7) is 5.47. The van der Waals surface area contributed by atoms with E-state index < -0.39 is 5.41 Å². The summed E-state index contributed by atoms with van der Waals surface area (Å²) in [5.74, 6) is -0.107. The molecule has 1 aromatic rings. The van der Waals surface area contributed by atoms with Gasteiger partial charge in [0.15, 0.2) is 0 Å². The zero-order chi connectivity index (χ0) is 12.5. The van der Waals surface area contributed by atoms with Crippen molar-refractivity contribution in [2.75, 3.05) is 11.1 Å². The second kappa shape index (κ2) is 4.52. The van der Waals surface area contributed by atoms with E-state index in [9.17, 15) is 4.79 Å². The molecule has 16 heavy (non-hydrogen) atoms. The van der Waals surface area contributed by atoms with Crippen molar-refractivity contribution < 1.29 is 4.79 Å². The van der Waals surface area contributed by atoms with Crippen LogP contribution in [-0.2, 0) is 4.79 Å². The Hall–Kier alpha value is -0.930. The number of carbonyl (C=O) groups is 1. The molecule has 0 spiro atoms. The predicted octanol–water partition coefficient (Wildman–Crippen LogP) is 3.56. The molecule has 0 atom stereocenters. The van der Waals surface area contributed by atoms with Crippen molar-refractivity contribution in [3.05, 3.63) is 22.2 Å². The molecule has 0 radical (unpaired) electrons. The lowest BCUT2D eigenvalue weighted by molar-refractivity contribution is -0.123. The molecule has 1 aromatic carbocycles. The van der Waals surface area contributed by atoms with Gasteiger partial charge in [-0.2, -0.15) is 0 Å². The Morgan fingerprint density at radius 2 is 1.69 bits per heavy atom. The molecule has 0 aliphatic heterocycles. The first-order valence-electron chi connectivity index (χ1n) is 4.78. The van der Waals surface area contributed by atoms with Gasteiger partial charge in [-0.3, -0.25) is 4.79 Å². The van der Waals surface area contributed by atoms with Crippen molar-refractivity contribution in [2.24, 2.45) is 5.41 Å². The lowest BCUT2D eigenvalue weighted by Crippen LogP contribution is -2.27. The maximum atomic E-state index is 11.7. The fourth-order valence-electron chi connectivity index (χ4n) is 0.975. The van der Waals surface area contributed by atoms with E-state index in [0.717, 1.165) is 0 Å². The normalized spacial score (nSPS) is 11.3. The van der Waals surface area contributed by atoms with Crippen LogP contribution in [0.3, 0.4) is 0 Å². The van der Waals surface area contributed by atoms with Crippen molar-refractivity contribution in [3.63, 3.8) is 0 Å². The average Bonchev–Trinajstić information content (AvgIpc) is 2.12. The number of halogens is 2. The molecule has 0 aliphatic carbocycles. The van der Waals surface area contributed by atoms with E-state index in [1.54, 1.807) is 12.1 Å². The van der Waals surface area contributed by atoms with Crippen LogP contribution < -0.4 is 11.1 Å². The molecule has 0 aliphatic rings. The number of nitrogens with one attached hydrogen (secondary N) is 1. The molecule has 0 heterocycles. The highest BCUT2D eigenvalue weighted by Crippen LogP contribution is 2.31. The first-order valence-corrected chi connectivity index (χ1v) is 5.53. The summed E-state index contributed by atoms with van der Waals surface area (Å²) in [4.78, 5) is 11.7. The standard InChI is InChI=1S/C11H14Cl2N2O/c1-11(2,3)10(16)15-6-4-7(12)9(14)8(13)5-6/h4-5H,14H2,1-3H3,(H,15,16). The van der Waals surface area contributed by atoms with Gasteiger partial charge in [0.1, 0.15) is 0 Å². The smallest absolute Gasteiger partial charge is 0.229 e. The Balaban J connectivity index is 2.96. The highest BCUT2D eigenvalue weighted by Gasteiger charge is 2.21. The molecule has 1 rings (SSSR count). The van der Waals surface area contributed by atoms with Crippen LogP contribution in [0.15, 0.2) is 12.1 Å². The fraction of sp³-hybridized carbons (Fsp3) is 0.364. The van der Waals surface area contributed by atoms with Crippen LogP contribution in [0.4, 0.5) is 11.4 Å². The number of amides is 1. The summed E-state index contributed by atoms with van der Waals surface area (Å²) >= 11 is 11.7. The first kappa shape index (κ1) is 13.1. The van der Waals surface area contributed by atoms with Crippen molar-refractivity contribution in [3.8, 4) is 0 Å². The van der Waals surface area contributed by atoms with Crippen LogP contribution in [0.2, 0.25) is 10.0 Å². The number of nitrogen functional groups attached to an aromatic ring is 1. The van der Waals surface area contributed by atoms with Crippen molar-refractivity contribution in [2.45, 2.75) is 20.8 Å². The number of hydrogen-bond acceptors (Lipinski definition) is 2. The first-order chi connectivity index (χ1) is 7.21. The molecular formula is C11H14Cl2N2O. The third-order valence-electron chi connectivity index (χ3n) is 2.02. The van der Waals surface area contributed by atoms with Gasteiger partial charge in [0, 0.05) is 11.1 Å². The van der Waals surface area contributed by atoms with Gasteiger partial charge < -0.3 is 11.1 Å².